The minimum absolute atomic E-state index is 0.101. The second kappa shape index (κ2) is 5.14. The summed E-state index contributed by atoms with van der Waals surface area (Å²) in [5.41, 5.74) is 1.27. The zero-order chi connectivity index (χ0) is 12.3. The van der Waals surface area contributed by atoms with E-state index in [1.807, 2.05) is 6.07 Å². The van der Waals surface area contributed by atoms with Gasteiger partial charge in [0.1, 0.15) is 0 Å². The Balaban J connectivity index is 2.11. The van der Waals surface area contributed by atoms with Gasteiger partial charge in [0.2, 0.25) is 5.95 Å². The van der Waals surface area contributed by atoms with Crippen LogP contribution in [0.5, 0.6) is 0 Å². The molecule has 0 spiro atoms. The van der Waals surface area contributed by atoms with Crippen LogP contribution in [0.25, 0.3) is 0 Å². The van der Waals surface area contributed by atoms with E-state index < -0.39 is 0 Å². The number of carbonyl (C=O) groups excluding carboxylic acids is 1. The first-order valence-corrected chi connectivity index (χ1v) is 6.42. The molecule has 0 aliphatic carbocycles. The van der Waals surface area contributed by atoms with Gasteiger partial charge in [-0.2, -0.15) is 0 Å². The van der Waals surface area contributed by atoms with Crippen molar-refractivity contribution in [3.63, 3.8) is 0 Å². The Morgan fingerprint density at radius 1 is 1.59 bits per heavy atom. The van der Waals surface area contributed by atoms with E-state index in [9.17, 15) is 4.79 Å². The van der Waals surface area contributed by atoms with Crippen LogP contribution in [0.4, 0.5) is 5.95 Å². The topological polar surface area (TPSA) is 57.8 Å². The Morgan fingerprint density at radius 2 is 2.41 bits per heavy atom. The van der Waals surface area contributed by atoms with Crippen molar-refractivity contribution < 1.29 is 4.79 Å². The molecule has 2 rings (SSSR count). The van der Waals surface area contributed by atoms with Crippen LogP contribution in [0.1, 0.15) is 33.5 Å². The summed E-state index contributed by atoms with van der Waals surface area (Å²) in [4.78, 5) is 20.7. The van der Waals surface area contributed by atoms with Crippen LogP contribution in [0.2, 0.25) is 0 Å². The molecule has 0 aromatic carbocycles. The van der Waals surface area contributed by atoms with Crippen LogP contribution in [0.3, 0.4) is 0 Å². The van der Waals surface area contributed by atoms with Crippen LogP contribution in [0.15, 0.2) is 18.5 Å². The first-order valence-electron chi connectivity index (χ1n) is 5.60. The molecule has 5 heteroatoms. The monoisotopic (exact) mass is 249 g/mol. The van der Waals surface area contributed by atoms with Gasteiger partial charge in [0, 0.05) is 17.3 Å². The van der Waals surface area contributed by atoms with Crippen LogP contribution in [0, 0.1) is 6.92 Å². The molecule has 0 aliphatic heterocycles. The minimum Gasteiger partial charge on any atom is -0.331 e. The third-order valence-electron chi connectivity index (χ3n) is 2.49. The lowest BCUT2D eigenvalue weighted by Gasteiger charge is -1.97. The normalized spacial score (nSPS) is 10.5. The largest absolute Gasteiger partial charge is 0.331 e. The van der Waals surface area contributed by atoms with Gasteiger partial charge >= 0.3 is 0 Å². The number of rotatable bonds is 4. The molecule has 17 heavy (non-hydrogen) atoms. The fourth-order valence-corrected chi connectivity index (χ4v) is 2.62. The van der Waals surface area contributed by atoms with Gasteiger partial charge in [-0.15, -0.1) is 11.3 Å². The maximum atomic E-state index is 11.9. The Hall–Kier alpha value is -1.62. The van der Waals surface area contributed by atoms with E-state index in [1.54, 1.807) is 12.4 Å². The highest BCUT2D eigenvalue weighted by Crippen LogP contribution is 2.23. The summed E-state index contributed by atoms with van der Waals surface area (Å²) < 4.78 is 0. The van der Waals surface area contributed by atoms with Crippen LogP contribution >= 0.6 is 11.3 Å². The molecule has 1 amide bonds. The number of imidazole rings is 1. The highest BCUT2D eigenvalue weighted by molar-refractivity contribution is 7.14. The SMILES string of the molecule is CCCc1cc(C(=O)Nc2ncc[nH]2)sc1C. The zero-order valence-corrected chi connectivity index (χ0v) is 10.7. The number of thiophene rings is 1. The van der Waals surface area contributed by atoms with E-state index in [0.717, 1.165) is 17.7 Å². The summed E-state index contributed by atoms with van der Waals surface area (Å²) in [6, 6.07) is 1.97. The van der Waals surface area contributed by atoms with Crippen molar-refractivity contribution in [1.82, 2.24) is 9.97 Å². The molecule has 2 N–H and O–H groups in total. The number of aromatic nitrogens is 2. The van der Waals surface area contributed by atoms with E-state index >= 15 is 0 Å². The van der Waals surface area contributed by atoms with Crippen molar-refractivity contribution in [2.24, 2.45) is 0 Å². The van der Waals surface area contributed by atoms with Crippen molar-refractivity contribution in [2.75, 3.05) is 5.32 Å². The Bertz CT molecular complexity index is 502. The number of aromatic amines is 1. The number of amides is 1. The minimum atomic E-state index is -0.101. The fourth-order valence-electron chi connectivity index (χ4n) is 1.65. The highest BCUT2D eigenvalue weighted by Gasteiger charge is 2.12. The average molecular weight is 249 g/mol. The molecule has 90 valence electrons. The molecule has 0 unspecified atom stereocenters. The van der Waals surface area contributed by atoms with Gasteiger partial charge in [0.05, 0.1) is 4.88 Å². The average Bonchev–Trinajstić information content (AvgIpc) is 2.90. The quantitative estimate of drug-likeness (QED) is 0.875. The second-order valence-electron chi connectivity index (χ2n) is 3.83. The van der Waals surface area contributed by atoms with Crippen LogP contribution in [-0.2, 0) is 6.42 Å². The van der Waals surface area contributed by atoms with Crippen LogP contribution < -0.4 is 5.32 Å². The van der Waals surface area contributed by atoms with Gasteiger partial charge in [-0.1, -0.05) is 13.3 Å². The summed E-state index contributed by atoms with van der Waals surface area (Å²) in [6.45, 7) is 4.19. The first-order chi connectivity index (χ1) is 8.20. The lowest BCUT2D eigenvalue weighted by atomic mass is 10.1. The van der Waals surface area contributed by atoms with Gasteiger partial charge in [-0.3, -0.25) is 10.1 Å². The van der Waals surface area contributed by atoms with E-state index in [2.05, 4.69) is 29.1 Å². The molecule has 0 bridgehead atoms. The summed E-state index contributed by atoms with van der Waals surface area (Å²) in [5, 5.41) is 2.73. The van der Waals surface area contributed by atoms with Gasteiger partial charge in [0.15, 0.2) is 0 Å². The lowest BCUT2D eigenvalue weighted by molar-refractivity contribution is 0.102. The van der Waals surface area contributed by atoms with Crippen molar-refractivity contribution in [1.29, 1.82) is 0 Å². The molecule has 0 saturated heterocycles. The summed E-state index contributed by atoms with van der Waals surface area (Å²) in [7, 11) is 0. The Morgan fingerprint density at radius 3 is 3.06 bits per heavy atom. The van der Waals surface area contributed by atoms with Gasteiger partial charge in [0.25, 0.3) is 5.91 Å². The smallest absolute Gasteiger partial charge is 0.268 e. The number of nitrogens with one attached hydrogen (secondary N) is 2. The number of hydrogen-bond donors (Lipinski definition) is 2. The number of anilines is 1. The number of carbonyl (C=O) groups is 1. The molecule has 2 aromatic rings. The van der Waals surface area contributed by atoms with E-state index in [1.165, 1.54) is 21.8 Å². The Labute approximate surface area is 104 Å². The molecule has 2 aromatic heterocycles. The van der Waals surface area contributed by atoms with E-state index in [-0.39, 0.29) is 5.91 Å². The molecule has 0 fully saturated rings. The van der Waals surface area contributed by atoms with Crippen molar-refractivity contribution >= 4 is 23.2 Å². The highest BCUT2D eigenvalue weighted by atomic mass is 32.1. The van der Waals surface area contributed by atoms with Gasteiger partial charge in [-0.25, -0.2) is 4.98 Å². The molecule has 0 atom stereocenters. The molecule has 4 nitrogen and oxygen atoms in total. The standard InChI is InChI=1S/C12H15N3OS/c1-3-4-9-7-10(17-8(9)2)11(16)15-12-13-5-6-14-12/h5-7H,3-4H2,1-2H3,(H2,13,14,15,16). The van der Waals surface area contributed by atoms with Gasteiger partial charge < -0.3 is 4.98 Å². The van der Waals surface area contributed by atoms with Crippen molar-refractivity contribution in [2.45, 2.75) is 26.7 Å². The fraction of sp³-hybridized carbons (Fsp3) is 0.333. The number of nitrogens with zero attached hydrogens (tertiary/aromatic N) is 1. The summed E-state index contributed by atoms with van der Waals surface area (Å²) >= 11 is 1.53. The number of H-pyrrole nitrogens is 1. The third-order valence-corrected chi connectivity index (χ3v) is 3.59. The van der Waals surface area contributed by atoms with E-state index in [0.29, 0.717) is 5.95 Å². The van der Waals surface area contributed by atoms with Crippen molar-refractivity contribution in [3.8, 4) is 0 Å². The summed E-state index contributed by atoms with van der Waals surface area (Å²) in [5.74, 6) is 0.383. The van der Waals surface area contributed by atoms with E-state index in [4.69, 9.17) is 0 Å². The lowest BCUT2D eigenvalue weighted by Crippen LogP contribution is -2.11. The van der Waals surface area contributed by atoms with Crippen molar-refractivity contribution in [3.05, 3.63) is 33.8 Å². The summed E-state index contributed by atoms with van der Waals surface area (Å²) in [6.07, 6.45) is 5.41. The molecule has 0 aliphatic rings. The van der Waals surface area contributed by atoms with Gasteiger partial charge in [-0.05, 0) is 25.0 Å². The number of aryl methyl sites for hydroxylation is 2. The third kappa shape index (κ3) is 2.74. The zero-order valence-electron chi connectivity index (χ0n) is 9.91. The van der Waals surface area contributed by atoms with Crippen LogP contribution in [-0.4, -0.2) is 15.9 Å². The predicted molar refractivity (Wildman–Crippen MR) is 69.6 cm³/mol. The predicted octanol–water partition coefficient (Wildman–Crippen LogP) is 2.98. The molecule has 0 saturated carbocycles. The first kappa shape index (κ1) is 11.9. The maximum absolute atomic E-state index is 11.9. The number of hydrogen-bond acceptors (Lipinski definition) is 3. The maximum Gasteiger partial charge on any atom is 0.268 e. The molecule has 2 heterocycles. The molecular weight excluding hydrogens is 234 g/mol. The molecule has 0 radical (unpaired) electrons. The molecular formula is C12H15N3OS. The second-order valence-corrected chi connectivity index (χ2v) is 5.09. The Kier molecular flexibility index (Phi) is 3.58.